The number of carbonyl (C=O) groups is 1. The fraction of sp³-hybridized carbons (Fsp3) is 0.318. The molecule has 0 bridgehead atoms. The number of hydrogen-bond acceptors (Lipinski definition) is 5. The van der Waals surface area contributed by atoms with Gasteiger partial charge in [0, 0.05) is 23.6 Å². The zero-order valence-electron chi connectivity index (χ0n) is 15.8. The molecule has 28 heavy (non-hydrogen) atoms. The molecule has 6 nitrogen and oxygen atoms in total. The summed E-state index contributed by atoms with van der Waals surface area (Å²) in [5.41, 5.74) is 1.68. The number of methoxy groups -OCH3 is 1. The Kier molecular flexibility index (Phi) is 6.81. The second-order valence-corrected chi connectivity index (χ2v) is 6.84. The average Bonchev–Trinajstić information content (AvgIpc) is 2.73. The maximum Gasteiger partial charge on any atom is 0.238 e. The second kappa shape index (κ2) is 9.50. The molecule has 2 aromatic rings. The lowest BCUT2D eigenvalue weighted by Crippen LogP contribution is -2.48. The van der Waals surface area contributed by atoms with E-state index in [2.05, 4.69) is 10.6 Å². The third-order valence-electron chi connectivity index (χ3n) is 5.06. The van der Waals surface area contributed by atoms with E-state index in [1.165, 1.54) is 0 Å². The number of aliphatic hydroxyl groups excluding tert-OH is 2. The maximum atomic E-state index is 12.2. The highest BCUT2D eigenvalue weighted by molar-refractivity contribution is 5.92. The van der Waals surface area contributed by atoms with Gasteiger partial charge >= 0.3 is 0 Å². The van der Waals surface area contributed by atoms with E-state index in [4.69, 9.17) is 4.74 Å². The van der Waals surface area contributed by atoms with Crippen LogP contribution in [0.3, 0.4) is 0 Å². The van der Waals surface area contributed by atoms with Crippen molar-refractivity contribution >= 4 is 11.6 Å². The minimum atomic E-state index is -0.737. The summed E-state index contributed by atoms with van der Waals surface area (Å²) in [4.78, 5) is 12.2. The smallest absolute Gasteiger partial charge is 0.238 e. The van der Waals surface area contributed by atoms with Gasteiger partial charge in [0.2, 0.25) is 5.91 Å². The summed E-state index contributed by atoms with van der Waals surface area (Å²) >= 11 is 0. The zero-order chi connectivity index (χ0) is 19.9. The molecule has 0 spiro atoms. The van der Waals surface area contributed by atoms with Crippen molar-refractivity contribution in [1.29, 1.82) is 0 Å². The second-order valence-electron chi connectivity index (χ2n) is 6.84. The Balaban J connectivity index is 1.59. The average molecular weight is 382 g/mol. The number of nitrogens with one attached hydrogen (secondary N) is 2. The van der Waals surface area contributed by atoms with Gasteiger partial charge < -0.3 is 25.6 Å². The van der Waals surface area contributed by atoms with Crippen LogP contribution in [0.15, 0.2) is 66.7 Å². The van der Waals surface area contributed by atoms with Crippen molar-refractivity contribution in [3.8, 4) is 5.75 Å². The standard InChI is InChI=1S/C22H26N2O4/c1-28-17-9-7-16(8-10-17)24-21(26)13-23-20-12-11-18(22(27)19(20)14-25)15-5-3-2-4-6-15/h2-12,18-20,22-23,25,27H,13-14H2,1H3,(H,24,26)/t18-,19+,20-,22+/m0/s1. The van der Waals surface area contributed by atoms with Crippen LogP contribution in [0.2, 0.25) is 0 Å². The highest BCUT2D eigenvalue weighted by Crippen LogP contribution is 2.32. The molecule has 0 radical (unpaired) electrons. The molecule has 4 atom stereocenters. The molecule has 0 aromatic heterocycles. The first-order valence-corrected chi connectivity index (χ1v) is 9.32. The molecule has 6 heteroatoms. The number of amides is 1. The van der Waals surface area contributed by atoms with Crippen molar-refractivity contribution in [3.63, 3.8) is 0 Å². The number of aliphatic hydroxyl groups is 2. The van der Waals surface area contributed by atoms with Crippen LogP contribution in [-0.2, 0) is 4.79 Å². The number of ether oxygens (including phenoxy) is 1. The summed E-state index contributed by atoms with van der Waals surface area (Å²) in [5.74, 6) is -0.0559. The Bertz CT molecular complexity index is 792. The molecule has 0 saturated carbocycles. The Morgan fingerprint density at radius 3 is 2.43 bits per heavy atom. The molecule has 0 unspecified atom stereocenters. The van der Waals surface area contributed by atoms with E-state index in [1.54, 1.807) is 31.4 Å². The first-order chi connectivity index (χ1) is 13.6. The lowest BCUT2D eigenvalue weighted by atomic mass is 9.77. The van der Waals surface area contributed by atoms with Crippen LogP contribution in [0.5, 0.6) is 5.75 Å². The highest BCUT2D eigenvalue weighted by Gasteiger charge is 2.35. The monoisotopic (exact) mass is 382 g/mol. The molecular weight excluding hydrogens is 356 g/mol. The molecular formula is C22H26N2O4. The van der Waals surface area contributed by atoms with Gasteiger partial charge in [-0.2, -0.15) is 0 Å². The fourth-order valence-electron chi connectivity index (χ4n) is 3.49. The van der Waals surface area contributed by atoms with E-state index in [9.17, 15) is 15.0 Å². The first kappa shape index (κ1) is 20.1. The molecule has 148 valence electrons. The molecule has 0 aliphatic heterocycles. The molecule has 2 aromatic carbocycles. The molecule has 0 heterocycles. The summed E-state index contributed by atoms with van der Waals surface area (Å²) < 4.78 is 5.10. The van der Waals surface area contributed by atoms with Crippen molar-refractivity contribution in [2.75, 3.05) is 25.6 Å². The van der Waals surface area contributed by atoms with Gasteiger partial charge in [-0.05, 0) is 29.8 Å². The van der Waals surface area contributed by atoms with Crippen LogP contribution in [-0.4, -0.2) is 48.5 Å². The largest absolute Gasteiger partial charge is 0.497 e. The first-order valence-electron chi connectivity index (χ1n) is 9.32. The third kappa shape index (κ3) is 4.78. The van der Waals surface area contributed by atoms with E-state index in [1.807, 2.05) is 42.5 Å². The lowest BCUT2D eigenvalue weighted by Gasteiger charge is -2.36. The molecule has 1 aliphatic rings. The van der Waals surface area contributed by atoms with E-state index in [0.717, 1.165) is 11.3 Å². The summed E-state index contributed by atoms with van der Waals surface area (Å²) in [6.07, 6.45) is 3.12. The van der Waals surface area contributed by atoms with Crippen LogP contribution in [0.4, 0.5) is 5.69 Å². The fourth-order valence-corrected chi connectivity index (χ4v) is 3.49. The van der Waals surface area contributed by atoms with E-state index in [-0.39, 0.29) is 31.0 Å². The molecule has 3 rings (SSSR count). The van der Waals surface area contributed by atoms with Gasteiger partial charge in [-0.1, -0.05) is 42.5 Å². The summed E-state index contributed by atoms with van der Waals surface area (Å²) in [5, 5.41) is 26.5. The van der Waals surface area contributed by atoms with E-state index < -0.39 is 12.0 Å². The highest BCUT2D eigenvalue weighted by atomic mass is 16.5. The van der Waals surface area contributed by atoms with Crippen molar-refractivity contribution in [2.45, 2.75) is 18.1 Å². The predicted octanol–water partition coefficient (Wildman–Crippen LogP) is 1.91. The van der Waals surface area contributed by atoms with Crippen LogP contribution < -0.4 is 15.4 Å². The molecule has 1 aliphatic carbocycles. The normalized spacial score (nSPS) is 24.0. The molecule has 0 fully saturated rings. The number of rotatable bonds is 7. The maximum absolute atomic E-state index is 12.2. The van der Waals surface area contributed by atoms with Crippen molar-refractivity contribution in [2.24, 2.45) is 5.92 Å². The minimum Gasteiger partial charge on any atom is -0.497 e. The van der Waals surface area contributed by atoms with Gasteiger partial charge in [0.1, 0.15) is 5.75 Å². The summed E-state index contributed by atoms with van der Waals surface area (Å²) in [6, 6.07) is 16.5. The minimum absolute atomic E-state index is 0.0697. The zero-order valence-corrected chi connectivity index (χ0v) is 15.8. The topological polar surface area (TPSA) is 90.8 Å². The summed E-state index contributed by atoms with van der Waals surface area (Å²) in [6.45, 7) is -0.104. The summed E-state index contributed by atoms with van der Waals surface area (Å²) in [7, 11) is 1.59. The lowest BCUT2D eigenvalue weighted by molar-refractivity contribution is -0.115. The van der Waals surface area contributed by atoms with Crippen LogP contribution >= 0.6 is 0 Å². The van der Waals surface area contributed by atoms with Gasteiger partial charge in [-0.25, -0.2) is 0 Å². The van der Waals surface area contributed by atoms with Gasteiger partial charge in [0.15, 0.2) is 0 Å². The Labute approximate surface area is 164 Å². The van der Waals surface area contributed by atoms with Crippen molar-refractivity contribution < 1.29 is 19.7 Å². The van der Waals surface area contributed by atoms with Crippen LogP contribution in [0.25, 0.3) is 0 Å². The number of hydrogen-bond donors (Lipinski definition) is 4. The van der Waals surface area contributed by atoms with Gasteiger partial charge in [-0.3, -0.25) is 4.79 Å². The number of carbonyl (C=O) groups excluding carboxylic acids is 1. The van der Waals surface area contributed by atoms with Gasteiger partial charge in [0.25, 0.3) is 0 Å². The quantitative estimate of drug-likeness (QED) is 0.549. The van der Waals surface area contributed by atoms with E-state index in [0.29, 0.717) is 5.69 Å². The van der Waals surface area contributed by atoms with E-state index >= 15 is 0 Å². The van der Waals surface area contributed by atoms with Crippen LogP contribution in [0.1, 0.15) is 11.5 Å². The molecule has 4 N–H and O–H groups in total. The SMILES string of the molecule is COc1ccc(NC(=O)CN[C@H]2C=C[C@@H](c3ccccc3)[C@@H](O)[C@@H]2CO)cc1. The van der Waals surface area contributed by atoms with Gasteiger partial charge in [0.05, 0.1) is 26.4 Å². The van der Waals surface area contributed by atoms with Crippen molar-refractivity contribution in [3.05, 3.63) is 72.3 Å². The number of benzene rings is 2. The molecule has 1 amide bonds. The Hall–Kier alpha value is -2.67. The Morgan fingerprint density at radius 1 is 1.07 bits per heavy atom. The Morgan fingerprint density at radius 2 is 1.79 bits per heavy atom. The van der Waals surface area contributed by atoms with Crippen molar-refractivity contribution in [1.82, 2.24) is 5.32 Å². The predicted molar refractivity (Wildman–Crippen MR) is 108 cm³/mol. The third-order valence-corrected chi connectivity index (χ3v) is 5.06. The van der Waals surface area contributed by atoms with Gasteiger partial charge in [-0.15, -0.1) is 0 Å². The molecule has 0 saturated heterocycles. The number of anilines is 1. The van der Waals surface area contributed by atoms with Crippen LogP contribution in [0, 0.1) is 5.92 Å².